The van der Waals surface area contributed by atoms with Crippen molar-refractivity contribution in [3.8, 4) is 5.75 Å². The molecule has 1 saturated carbocycles. The zero-order valence-electron chi connectivity index (χ0n) is 22.8. The van der Waals surface area contributed by atoms with Crippen LogP contribution >= 0.6 is 0 Å². The van der Waals surface area contributed by atoms with Gasteiger partial charge in [-0.15, -0.1) is 0 Å². The van der Waals surface area contributed by atoms with Crippen LogP contribution in [0.5, 0.6) is 5.75 Å². The van der Waals surface area contributed by atoms with E-state index in [0.29, 0.717) is 22.9 Å². The van der Waals surface area contributed by atoms with Gasteiger partial charge in [0, 0.05) is 58.9 Å². The van der Waals surface area contributed by atoms with E-state index in [1.165, 1.54) is 17.8 Å². The maximum atomic E-state index is 13.1. The lowest BCUT2D eigenvalue weighted by Gasteiger charge is -2.43. The van der Waals surface area contributed by atoms with E-state index in [4.69, 9.17) is 9.47 Å². The molecule has 1 aliphatic carbocycles. The van der Waals surface area contributed by atoms with Crippen molar-refractivity contribution >= 4 is 15.9 Å². The lowest BCUT2D eigenvalue weighted by molar-refractivity contribution is -0.138. The van der Waals surface area contributed by atoms with Crippen LogP contribution in [0.3, 0.4) is 0 Å². The first-order valence-electron chi connectivity index (χ1n) is 12.9. The Balaban J connectivity index is 1.46. The summed E-state index contributed by atoms with van der Waals surface area (Å²) in [6.45, 7) is 8.21. The zero-order chi connectivity index (χ0) is 26.5. The SMILES string of the molecule is COc1cc(C)c(S(=O)(=O)N(C)CCOCC(=O)N(C)[C@H]2CCC[C@@H](N3CCN(C)CC3)C2)c(C)c1. The van der Waals surface area contributed by atoms with E-state index >= 15 is 0 Å². The molecule has 3 rings (SSSR count). The number of carbonyl (C=O) groups is 1. The van der Waals surface area contributed by atoms with E-state index < -0.39 is 10.0 Å². The van der Waals surface area contributed by atoms with Gasteiger partial charge in [-0.2, -0.15) is 4.31 Å². The second kappa shape index (κ2) is 12.7. The fourth-order valence-electron chi connectivity index (χ4n) is 5.38. The van der Waals surface area contributed by atoms with Crippen LogP contribution in [0, 0.1) is 13.8 Å². The number of benzene rings is 1. The van der Waals surface area contributed by atoms with Crippen molar-refractivity contribution in [2.45, 2.75) is 56.5 Å². The molecule has 10 heteroatoms. The quantitative estimate of drug-likeness (QED) is 0.433. The molecule has 0 spiro atoms. The van der Waals surface area contributed by atoms with E-state index in [0.717, 1.165) is 45.4 Å². The first-order valence-corrected chi connectivity index (χ1v) is 14.4. The van der Waals surface area contributed by atoms with Crippen molar-refractivity contribution < 1.29 is 22.7 Å². The first kappa shape index (κ1) is 28.8. The topological polar surface area (TPSA) is 82.6 Å². The Hall–Kier alpha value is -1.72. The van der Waals surface area contributed by atoms with Crippen LogP contribution in [-0.4, -0.2) is 120 Å². The van der Waals surface area contributed by atoms with Gasteiger partial charge in [0.25, 0.3) is 0 Å². The Bertz CT molecular complexity index is 971. The van der Waals surface area contributed by atoms with Crippen LogP contribution in [0.4, 0.5) is 0 Å². The number of amides is 1. The number of nitrogens with zero attached hydrogens (tertiary/aromatic N) is 4. The number of rotatable bonds is 10. The van der Waals surface area contributed by atoms with Crippen molar-refractivity contribution in [2.75, 3.05) is 74.2 Å². The Morgan fingerprint density at radius 1 is 1.08 bits per heavy atom. The number of ether oxygens (including phenoxy) is 2. The molecular weight excluding hydrogens is 480 g/mol. The Morgan fingerprint density at radius 3 is 2.33 bits per heavy atom. The molecule has 0 radical (unpaired) electrons. The monoisotopic (exact) mass is 524 g/mol. The molecule has 1 aromatic rings. The van der Waals surface area contributed by atoms with E-state index in [9.17, 15) is 13.2 Å². The highest BCUT2D eigenvalue weighted by Gasteiger charge is 2.32. The highest BCUT2D eigenvalue weighted by atomic mass is 32.2. The van der Waals surface area contributed by atoms with Gasteiger partial charge in [-0.25, -0.2) is 8.42 Å². The van der Waals surface area contributed by atoms with Crippen LogP contribution in [0.15, 0.2) is 17.0 Å². The van der Waals surface area contributed by atoms with Crippen molar-refractivity contribution in [3.05, 3.63) is 23.3 Å². The average Bonchev–Trinajstić information content (AvgIpc) is 2.85. The molecule has 2 aliphatic rings. The molecule has 1 heterocycles. The summed E-state index contributed by atoms with van der Waals surface area (Å²) in [7, 11) is 3.45. The van der Waals surface area contributed by atoms with Crippen LogP contribution in [0.25, 0.3) is 0 Å². The minimum atomic E-state index is -3.69. The first-order chi connectivity index (χ1) is 17.0. The molecule has 9 nitrogen and oxygen atoms in total. The highest BCUT2D eigenvalue weighted by Crippen LogP contribution is 2.28. The number of likely N-dealkylation sites (N-methyl/N-ethyl adjacent to an activating group) is 3. The molecule has 0 unspecified atom stereocenters. The third kappa shape index (κ3) is 6.98. The predicted molar refractivity (Wildman–Crippen MR) is 141 cm³/mol. The highest BCUT2D eigenvalue weighted by molar-refractivity contribution is 7.89. The number of hydrogen-bond acceptors (Lipinski definition) is 7. The molecular formula is C26H44N4O5S. The second-order valence-electron chi connectivity index (χ2n) is 10.3. The maximum Gasteiger partial charge on any atom is 0.248 e. The van der Waals surface area contributed by atoms with Gasteiger partial charge in [0.05, 0.1) is 18.6 Å². The molecule has 0 aromatic heterocycles. The Labute approximate surface area is 217 Å². The Morgan fingerprint density at radius 2 is 1.72 bits per heavy atom. The number of sulfonamides is 1. The van der Waals surface area contributed by atoms with Gasteiger partial charge in [-0.3, -0.25) is 9.69 Å². The average molecular weight is 525 g/mol. The van der Waals surface area contributed by atoms with E-state index in [-0.39, 0.29) is 36.6 Å². The van der Waals surface area contributed by atoms with Gasteiger partial charge in [0.2, 0.25) is 15.9 Å². The summed E-state index contributed by atoms with van der Waals surface area (Å²) in [5.74, 6) is 0.580. The molecule has 204 valence electrons. The normalized spacial score (nSPS) is 22.1. The fourth-order valence-corrected chi connectivity index (χ4v) is 6.94. The number of aryl methyl sites for hydroxylation is 2. The standard InChI is InChI=1S/C26H44N4O5S/c1-20-16-24(34-6)17-21(2)26(20)36(32,33)28(4)14-15-35-19-25(31)29(5)22-8-7-9-23(18-22)30-12-10-27(3)11-13-30/h16-17,22-23H,7-15,18-19H2,1-6H3/t22-,23+/m0/s1. The summed E-state index contributed by atoms with van der Waals surface area (Å²) < 4.78 is 38.4. The summed E-state index contributed by atoms with van der Waals surface area (Å²) in [5.41, 5.74) is 1.28. The smallest absolute Gasteiger partial charge is 0.248 e. The second-order valence-corrected chi connectivity index (χ2v) is 12.3. The third-order valence-corrected chi connectivity index (χ3v) is 9.89. The van der Waals surface area contributed by atoms with Gasteiger partial charge in [-0.05, 0) is 69.8 Å². The van der Waals surface area contributed by atoms with Gasteiger partial charge < -0.3 is 19.3 Å². The van der Waals surface area contributed by atoms with Crippen LogP contribution in [0.1, 0.15) is 36.8 Å². The lowest BCUT2D eigenvalue weighted by atomic mass is 9.88. The molecule has 1 aliphatic heterocycles. The van der Waals surface area contributed by atoms with Crippen LogP contribution in [0.2, 0.25) is 0 Å². The minimum absolute atomic E-state index is 0.0410. The van der Waals surface area contributed by atoms with Gasteiger partial charge in [0.1, 0.15) is 12.4 Å². The molecule has 2 fully saturated rings. The van der Waals surface area contributed by atoms with E-state index in [1.807, 2.05) is 11.9 Å². The van der Waals surface area contributed by atoms with Crippen molar-refractivity contribution in [1.29, 1.82) is 0 Å². The predicted octanol–water partition coefficient (Wildman–Crippen LogP) is 1.97. The summed E-state index contributed by atoms with van der Waals surface area (Å²) >= 11 is 0. The Kier molecular flexibility index (Phi) is 10.2. The fraction of sp³-hybridized carbons (Fsp3) is 0.731. The summed E-state index contributed by atoms with van der Waals surface area (Å²) in [6.07, 6.45) is 4.36. The van der Waals surface area contributed by atoms with Crippen molar-refractivity contribution in [1.82, 2.24) is 19.0 Å². The van der Waals surface area contributed by atoms with E-state index in [2.05, 4.69) is 16.8 Å². The van der Waals surface area contributed by atoms with Crippen LogP contribution < -0.4 is 4.74 Å². The number of piperazine rings is 1. The maximum absolute atomic E-state index is 13.1. The lowest BCUT2D eigenvalue weighted by Crippen LogP contribution is -2.52. The molecule has 1 amide bonds. The van der Waals surface area contributed by atoms with Crippen molar-refractivity contribution in [2.24, 2.45) is 0 Å². The van der Waals surface area contributed by atoms with Crippen molar-refractivity contribution in [3.63, 3.8) is 0 Å². The number of methoxy groups -OCH3 is 1. The third-order valence-electron chi connectivity index (χ3n) is 7.73. The van der Waals surface area contributed by atoms with E-state index in [1.54, 1.807) is 33.1 Å². The minimum Gasteiger partial charge on any atom is -0.497 e. The zero-order valence-corrected chi connectivity index (χ0v) is 23.6. The van der Waals surface area contributed by atoms with Gasteiger partial charge in [0.15, 0.2) is 0 Å². The molecule has 0 N–H and O–H groups in total. The summed E-state index contributed by atoms with van der Waals surface area (Å²) in [4.78, 5) is 19.9. The molecule has 2 atom stereocenters. The molecule has 1 saturated heterocycles. The number of hydrogen-bond donors (Lipinski definition) is 0. The molecule has 0 bridgehead atoms. The summed E-state index contributed by atoms with van der Waals surface area (Å²) in [5, 5.41) is 0. The molecule has 36 heavy (non-hydrogen) atoms. The van der Waals surface area contributed by atoms with Gasteiger partial charge in [-0.1, -0.05) is 0 Å². The summed E-state index contributed by atoms with van der Waals surface area (Å²) in [6, 6.07) is 4.21. The van der Waals surface area contributed by atoms with Crippen LogP contribution in [-0.2, 0) is 19.6 Å². The molecule has 1 aromatic carbocycles. The largest absolute Gasteiger partial charge is 0.497 e. The van der Waals surface area contributed by atoms with Gasteiger partial charge >= 0.3 is 0 Å². The number of carbonyl (C=O) groups excluding carboxylic acids is 1.